The van der Waals surface area contributed by atoms with Gasteiger partial charge in [-0.25, -0.2) is 5.43 Å². The average Bonchev–Trinajstić information content (AvgIpc) is 2.85. The number of halogens is 1. The third-order valence-corrected chi connectivity index (χ3v) is 4.66. The smallest absolute Gasteiger partial charge is 0.329 e. The fraction of sp³-hybridized carbons (Fsp3) is 0.0833. The highest BCUT2D eigenvalue weighted by molar-refractivity contribution is 6.39. The number of rotatable bonds is 8. The zero-order valence-corrected chi connectivity index (χ0v) is 18.8. The maximum atomic E-state index is 12.2. The largest absolute Gasteiger partial charge is 0.497 e. The van der Waals surface area contributed by atoms with Crippen molar-refractivity contribution in [2.75, 3.05) is 24.4 Å². The lowest BCUT2D eigenvalue weighted by atomic mass is 10.2. The first-order chi connectivity index (χ1) is 16.5. The van der Waals surface area contributed by atoms with Crippen LogP contribution < -0.4 is 25.5 Å². The van der Waals surface area contributed by atoms with Gasteiger partial charge >= 0.3 is 11.8 Å². The van der Waals surface area contributed by atoms with Crippen LogP contribution in [0.1, 0.15) is 5.56 Å². The number of amides is 3. The standard InChI is InChI=1S/C24H21ClN4O5/c1-33-18-9-6-8-17(13-18)27-23(31)24(32)29-26-14-16-7-2-5-12-21(16)34-15-22(30)28-20-11-4-3-10-19(20)25/h2-14H,15H2,1H3,(H,27,31)(H,28,30)(H,29,32)/b26-14-. The first-order valence-corrected chi connectivity index (χ1v) is 10.4. The lowest BCUT2D eigenvalue weighted by Crippen LogP contribution is -2.32. The molecule has 0 saturated carbocycles. The normalized spacial score (nSPS) is 10.4. The van der Waals surface area contributed by atoms with Gasteiger partial charge in [0, 0.05) is 17.3 Å². The molecule has 0 fully saturated rings. The Kier molecular flexibility index (Phi) is 8.59. The Hall–Kier alpha value is -4.37. The van der Waals surface area contributed by atoms with Crippen LogP contribution in [0.5, 0.6) is 11.5 Å². The summed E-state index contributed by atoms with van der Waals surface area (Å²) in [5.74, 6) is -1.37. The number of hydrazone groups is 1. The van der Waals surface area contributed by atoms with E-state index >= 15 is 0 Å². The van der Waals surface area contributed by atoms with E-state index < -0.39 is 17.7 Å². The van der Waals surface area contributed by atoms with Crippen molar-refractivity contribution in [1.82, 2.24) is 5.43 Å². The van der Waals surface area contributed by atoms with Gasteiger partial charge in [0.15, 0.2) is 6.61 Å². The number of methoxy groups -OCH3 is 1. The summed E-state index contributed by atoms with van der Waals surface area (Å²) in [6.07, 6.45) is 1.30. The molecule has 3 amide bonds. The molecule has 0 radical (unpaired) electrons. The van der Waals surface area contributed by atoms with E-state index in [1.54, 1.807) is 72.8 Å². The number of para-hydroxylation sites is 2. The second-order valence-corrected chi connectivity index (χ2v) is 7.15. The molecule has 3 N–H and O–H groups in total. The Balaban J connectivity index is 1.54. The second-order valence-electron chi connectivity index (χ2n) is 6.74. The number of hydrogen-bond acceptors (Lipinski definition) is 6. The molecule has 3 aromatic rings. The summed E-state index contributed by atoms with van der Waals surface area (Å²) < 4.78 is 10.6. The summed E-state index contributed by atoms with van der Waals surface area (Å²) in [6, 6.07) is 20.2. The van der Waals surface area contributed by atoms with Crippen molar-refractivity contribution in [3.05, 3.63) is 83.4 Å². The molecule has 0 aliphatic rings. The highest BCUT2D eigenvalue weighted by Gasteiger charge is 2.13. The minimum Gasteiger partial charge on any atom is -0.497 e. The van der Waals surface area contributed by atoms with Gasteiger partial charge in [-0.05, 0) is 36.4 Å². The highest BCUT2D eigenvalue weighted by atomic mass is 35.5. The van der Waals surface area contributed by atoms with Crippen molar-refractivity contribution in [1.29, 1.82) is 0 Å². The highest BCUT2D eigenvalue weighted by Crippen LogP contribution is 2.21. The Labute approximate surface area is 200 Å². The van der Waals surface area contributed by atoms with Gasteiger partial charge in [-0.2, -0.15) is 5.10 Å². The third-order valence-electron chi connectivity index (χ3n) is 4.33. The summed E-state index contributed by atoms with van der Waals surface area (Å²) >= 11 is 6.03. The fourth-order valence-corrected chi connectivity index (χ4v) is 2.89. The number of carbonyl (C=O) groups is 3. The topological polar surface area (TPSA) is 118 Å². The van der Waals surface area contributed by atoms with Gasteiger partial charge in [0.05, 0.1) is 24.0 Å². The molecule has 0 aliphatic carbocycles. The molecule has 0 bridgehead atoms. The zero-order valence-electron chi connectivity index (χ0n) is 18.1. The molecule has 0 atom stereocenters. The summed E-state index contributed by atoms with van der Waals surface area (Å²) in [7, 11) is 1.50. The Morgan fingerprint density at radius 2 is 1.71 bits per heavy atom. The van der Waals surface area contributed by atoms with E-state index in [1.807, 2.05) is 0 Å². The van der Waals surface area contributed by atoms with Crippen LogP contribution in [-0.4, -0.2) is 37.7 Å². The van der Waals surface area contributed by atoms with Gasteiger partial charge < -0.3 is 20.1 Å². The van der Waals surface area contributed by atoms with Gasteiger partial charge in [0.25, 0.3) is 5.91 Å². The van der Waals surface area contributed by atoms with Crippen LogP contribution in [0.25, 0.3) is 0 Å². The molecule has 0 heterocycles. The van der Waals surface area contributed by atoms with Crippen LogP contribution in [-0.2, 0) is 14.4 Å². The summed E-state index contributed by atoms with van der Waals surface area (Å²) in [5.41, 5.74) is 3.51. The van der Waals surface area contributed by atoms with Crippen LogP contribution in [0.15, 0.2) is 77.9 Å². The number of nitrogens with one attached hydrogen (secondary N) is 3. The van der Waals surface area contributed by atoms with Crippen LogP contribution in [0.4, 0.5) is 11.4 Å². The van der Waals surface area contributed by atoms with E-state index in [0.29, 0.717) is 33.5 Å². The third kappa shape index (κ3) is 7.07. The first-order valence-electron chi connectivity index (χ1n) is 10.0. The summed E-state index contributed by atoms with van der Waals surface area (Å²) in [5, 5.41) is 9.32. The second kappa shape index (κ2) is 12.0. The average molecular weight is 481 g/mol. The molecule has 174 valence electrons. The van der Waals surface area contributed by atoms with Crippen LogP contribution in [0.3, 0.4) is 0 Å². The fourth-order valence-electron chi connectivity index (χ4n) is 2.71. The SMILES string of the molecule is COc1cccc(NC(=O)C(=O)N/N=C\c2ccccc2OCC(=O)Nc2ccccc2Cl)c1. The van der Waals surface area contributed by atoms with Crippen LogP contribution >= 0.6 is 11.6 Å². The molecule has 3 rings (SSSR count). The van der Waals surface area contributed by atoms with Crippen LogP contribution in [0, 0.1) is 0 Å². The maximum absolute atomic E-state index is 12.2. The van der Waals surface area contributed by atoms with E-state index in [1.165, 1.54) is 13.3 Å². The molecule has 0 saturated heterocycles. The van der Waals surface area contributed by atoms with Crippen molar-refractivity contribution in [3.63, 3.8) is 0 Å². The lowest BCUT2D eigenvalue weighted by Gasteiger charge is -2.10. The van der Waals surface area contributed by atoms with Crippen molar-refractivity contribution in [2.24, 2.45) is 5.10 Å². The molecule has 0 aliphatic heterocycles. The molecule has 3 aromatic carbocycles. The molecule has 9 nitrogen and oxygen atoms in total. The lowest BCUT2D eigenvalue weighted by molar-refractivity contribution is -0.136. The number of anilines is 2. The quantitative estimate of drug-likeness (QED) is 0.259. The van der Waals surface area contributed by atoms with Crippen molar-refractivity contribution in [3.8, 4) is 11.5 Å². The number of hydrogen-bond donors (Lipinski definition) is 3. The Morgan fingerprint density at radius 3 is 2.50 bits per heavy atom. The van der Waals surface area contributed by atoms with E-state index in [-0.39, 0.29) is 6.61 Å². The molecule has 0 spiro atoms. The van der Waals surface area contributed by atoms with E-state index in [9.17, 15) is 14.4 Å². The Morgan fingerprint density at radius 1 is 0.941 bits per heavy atom. The zero-order chi connectivity index (χ0) is 24.3. The number of ether oxygens (including phenoxy) is 2. The number of carbonyl (C=O) groups excluding carboxylic acids is 3. The van der Waals surface area contributed by atoms with Gasteiger partial charge in [-0.1, -0.05) is 41.9 Å². The van der Waals surface area contributed by atoms with E-state index in [4.69, 9.17) is 21.1 Å². The maximum Gasteiger partial charge on any atom is 0.329 e. The monoisotopic (exact) mass is 480 g/mol. The minimum atomic E-state index is -0.961. The molecule has 10 heteroatoms. The van der Waals surface area contributed by atoms with Gasteiger partial charge in [0.1, 0.15) is 11.5 Å². The summed E-state index contributed by atoms with van der Waals surface area (Å²) in [4.78, 5) is 36.3. The van der Waals surface area contributed by atoms with E-state index in [0.717, 1.165) is 0 Å². The Bertz CT molecular complexity index is 1220. The molecule has 0 aromatic heterocycles. The molecule has 0 unspecified atom stereocenters. The molecular weight excluding hydrogens is 460 g/mol. The summed E-state index contributed by atoms with van der Waals surface area (Å²) in [6.45, 7) is -0.272. The van der Waals surface area contributed by atoms with Gasteiger partial charge in [-0.3, -0.25) is 14.4 Å². The van der Waals surface area contributed by atoms with E-state index in [2.05, 4.69) is 21.2 Å². The predicted molar refractivity (Wildman–Crippen MR) is 129 cm³/mol. The van der Waals surface area contributed by atoms with Gasteiger partial charge in [-0.15, -0.1) is 0 Å². The predicted octanol–water partition coefficient (Wildman–Crippen LogP) is 3.45. The van der Waals surface area contributed by atoms with Crippen molar-refractivity contribution < 1.29 is 23.9 Å². The van der Waals surface area contributed by atoms with Crippen molar-refractivity contribution >= 4 is 46.9 Å². The first kappa shape index (κ1) is 24.3. The van der Waals surface area contributed by atoms with Gasteiger partial charge in [0.2, 0.25) is 0 Å². The number of nitrogens with zero attached hydrogens (tertiary/aromatic N) is 1. The van der Waals surface area contributed by atoms with Crippen molar-refractivity contribution in [2.45, 2.75) is 0 Å². The minimum absolute atomic E-state index is 0.272. The van der Waals surface area contributed by atoms with Crippen LogP contribution in [0.2, 0.25) is 5.02 Å². The molecule has 34 heavy (non-hydrogen) atoms. The number of benzene rings is 3. The molecular formula is C24H21ClN4O5.